The predicted molar refractivity (Wildman–Crippen MR) is 185 cm³/mol. The van der Waals surface area contributed by atoms with Crippen LogP contribution < -0.4 is 14.4 Å². The summed E-state index contributed by atoms with van der Waals surface area (Å²) in [5.74, 6) is -0.0829. The highest BCUT2D eigenvalue weighted by atomic mass is 19.1. The number of halogens is 2. The lowest BCUT2D eigenvalue weighted by Crippen LogP contribution is -2.57. The lowest BCUT2D eigenvalue weighted by atomic mass is 9.92. The molecule has 0 aliphatic carbocycles. The molecule has 0 spiro atoms. The summed E-state index contributed by atoms with van der Waals surface area (Å²) in [5, 5.41) is 1.75. The molecule has 268 valence electrons. The van der Waals surface area contributed by atoms with Crippen LogP contribution in [0.15, 0.2) is 36.4 Å². The summed E-state index contributed by atoms with van der Waals surface area (Å²) in [7, 11) is 4.48. The van der Waals surface area contributed by atoms with E-state index in [9.17, 15) is 4.79 Å². The number of ether oxygens (including phenoxy) is 6. The highest BCUT2D eigenvalue weighted by Gasteiger charge is 2.45. The van der Waals surface area contributed by atoms with Gasteiger partial charge in [-0.05, 0) is 86.2 Å². The van der Waals surface area contributed by atoms with Crippen LogP contribution in [0.2, 0.25) is 0 Å². The van der Waals surface area contributed by atoms with Crippen LogP contribution in [0, 0.1) is 11.6 Å². The van der Waals surface area contributed by atoms with Crippen molar-refractivity contribution in [1.29, 1.82) is 0 Å². The number of rotatable bonds is 11. The van der Waals surface area contributed by atoms with Crippen LogP contribution in [0.3, 0.4) is 0 Å². The molecule has 0 N–H and O–H groups in total. The Morgan fingerprint density at radius 3 is 2.32 bits per heavy atom. The van der Waals surface area contributed by atoms with Gasteiger partial charge < -0.3 is 33.3 Å². The summed E-state index contributed by atoms with van der Waals surface area (Å²) in [6.45, 7) is 8.28. The molecule has 1 aromatic heterocycles. The van der Waals surface area contributed by atoms with E-state index in [2.05, 4.69) is 9.88 Å². The van der Waals surface area contributed by atoms with Crippen molar-refractivity contribution in [2.45, 2.75) is 70.9 Å². The van der Waals surface area contributed by atoms with Gasteiger partial charge in [-0.1, -0.05) is 19.1 Å². The monoisotopic (exact) mass is 694 g/mol. The Labute approximate surface area is 290 Å². The Morgan fingerprint density at radius 2 is 1.68 bits per heavy atom. The second kappa shape index (κ2) is 14.5. The fraction of sp³-hybridized carbons (Fsp3) is 0.486. The van der Waals surface area contributed by atoms with Crippen LogP contribution in [-0.2, 0) is 25.4 Å². The summed E-state index contributed by atoms with van der Waals surface area (Å²) in [6.07, 6.45) is 0.963. The SMILES string of the molecule is CCc1c(F)ccc2cc(OCOC)cc(-c3ccc4c(N5C[C@H]6CC[C@@H](C5)N6C(=O)OC(C)(C)C)nc(OCC(OC)OC)nc4c3F)c12. The number of carbonyl (C=O) groups excluding carboxylic acids is 1. The third-order valence-corrected chi connectivity index (χ3v) is 9.16. The van der Waals surface area contributed by atoms with E-state index in [-0.39, 0.29) is 54.5 Å². The van der Waals surface area contributed by atoms with Gasteiger partial charge in [-0.25, -0.2) is 13.6 Å². The fourth-order valence-corrected chi connectivity index (χ4v) is 6.96. The maximum absolute atomic E-state index is 17.1. The molecule has 2 saturated heterocycles. The third-order valence-electron chi connectivity index (χ3n) is 9.16. The van der Waals surface area contributed by atoms with Crippen LogP contribution in [0.5, 0.6) is 11.8 Å². The number of benzene rings is 3. The lowest BCUT2D eigenvalue weighted by molar-refractivity contribution is -0.123. The predicted octanol–water partition coefficient (Wildman–Crippen LogP) is 6.86. The summed E-state index contributed by atoms with van der Waals surface area (Å²) in [4.78, 5) is 26.4. The first-order chi connectivity index (χ1) is 24.0. The number of anilines is 1. The van der Waals surface area contributed by atoms with Crippen molar-refractivity contribution in [3.63, 3.8) is 0 Å². The van der Waals surface area contributed by atoms with Gasteiger partial charge >= 0.3 is 12.1 Å². The van der Waals surface area contributed by atoms with Crippen LogP contribution in [0.25, 0.3) is 32.8 Å². The average Bonchev–Trinajstić information content (AvgIpc) is 3.36. The molecule has 2 aliphatic heterocycles. The molecule has 6 rings (SSSR count). The highest BCUT2D eigenvalue weighted by Crippen LogP contribution is 2.42. The molecule has 0 unspecified atom stereocenters. The molecular formula is C37H44F2N4O7. The van der Waals surface area contributed by atoms with E-state index in [1.807, 2.05) is 32.6 Å². The highest BCUT2D eigenvalue weighted by molar-refractivity contribution is 6.03. The molecule has 1 amide bonds. The molecule has 11 nitrogen and oxygen atoms in total. The van der Waals surface area contributed by atoms with Gasteiger partial charge in [0.15, 0.2) is 18.9 Å². The molecule has 0 radical (unpaired) electrons. The van der Waals surface area contributed by atoms with Crippen molar-refractivity contribution >= 4 is 33.6 Å². The zero-order valence-corrected chi connectivity index (χ0v) is 29.5. The molecule has 3 heterocycles. The maximum Gasteiger partial charge on any atom is 0.410 e. The van der Waals surface area contributed by atoms with E-state index >= 15 is 8.78 Å². The standard InChI is InChI=1S/C37H44F2N4O7/c1-8-25-29(38)14-9-21-15-24(49-20-45-5)16-28(31(21)25)26-12-13-27-33(32(26)39)40-35(48-19-30(46-6)47-7)41-34(27)42-17-22-10-11-23(18-42)43(22)36(44)50-37(2,3)4/h9,12-16,22-23,30H,8,10-11,17-20H2,1-7H3/t22-,23+. The first-order valence-corrected chi connectivity index (χ1v) is 16.8. The van der Waals surface area contributed by atoms with Crippen molar-refractivity contribution in [1.82, 2.24) is 14.9 Å². The van der Waals surface area contributed by atoms with E-state index in [4.69, 9.17) is 33.4 Å². The minimum absolute atomic E-state index is 0.0165. The molecule has 2 aliphatic rings. The summed E-state index contributed by atoms with van der Waals surface area (Å²) < 4.78 is 65.4. The number of aryl methyl sites for hydroxylation is 1. The third kappa shape index (κ3) is 6.99. The van der Waals surface area contributed by atoms with Crippen molar-refractivity contribution in [2.75, 3.05) is 52.7 Å². The summed E-state index contributed by atoms with van der Waals surface area (Å²) in [5.41, 5.74) is 0.537. The zero-order valence-electron chi connectivity index (χ0n) is 29.5. The molecule has 4 aromatic rings. The van der Waals surface area contributed by atoms with Crippen molar-refractivity contribution in [3.05, 3.63) is 53.6 Å². The number of carbonyl (C=O) groups is 1. The molecule has 50 heavy (non-hydrogen) atoms. The van der Waals surface area contributed by atoms with E-state index in [0.29, 0.717) is 58.4 Å². The average molecular weight is 695 g/mol. The number of hydrogen-bond donors (Lipinski definition) is 0. The van der Waals surface area contributed by atoms with Gasteiger partial charge in [0.25, 0.3) is 0 Å². The van der Waals surface area contributed by atoms with Gasteiger partial charge in [0.2, 0.25) is 0 Å². The van der Waals surface area contributed by atoms with E-state index < -0.39 is 17.7 Å². The number of nitrogens with zero attached hydrogens (tertiary/aromatic N) is 4. The van der Waals surface area contributed by atoms with Crippen LogP contribution in [0.1, 0.15) is 46.1 Å². The second-order valence-electron chi connectivity index (χ2n) is 13.5. The first-order valence-electron chi connectivity index (χ1n) is 16.8. The van der Waals surface area contributed by atoms with Gasteiger partial charge in [0.05, 0.1) is 12.1 Å². The van der Waals surface area contributed by atoms with Crippen LogP contribution in [-0.4, -0.2) is 92.8 Å². The van der Waals surface area contributed by atoms with Crippen LogP contribution in [0.4, 0.5) is 19.4 Å². The van der Waals surface area contributed by atoms with E-state index in [1.165, 1.54) is 27.4 Å². The maximum atomic E-state index is 17.1. The molecule has 0 saturated carbocycles. The molecule has 2 atom stereocenters. The lowest BCUT2D eigenvalue weighted by Gasteiger charge is -2.42. The molecule has 13 heteroatoms. The number of fused-ring (bicyclic) bond motifs is 4. The van der Waals surface area contributed by atoms with Gasteiger partial charge in [0.1, 0.15) is 35.1 Å². The molecule has 2 fully saturated rings. The zero-order chi connectivity index (χ0) is 35.7. The Kier molecular flexibility index (Phi) is 10.3. The number of hydrogen-bond acceptors (Lipinski definition) is 10. The number of aromatic nitrogens is 2. The minimum Gasteiger partial charge on any atom is -0.468 e. The van der Waals surface area contributed by atoms with Gasteiger partial charge in [-0.3, -0.25) is 4.90 Å². The summed E-state index contributed by atoms with van der Waals surface area (Å²) >= 11 is 0. The molecular weight excluding hydrogens is 650 g/mol. The minimum atomic E-state index is -0.703. The summed E-state index contributed by atoms with van der Waals surface area (Å²) in [6, 6.07) is 9.71. The Hall–Kier alpha value is -4.33. The molecule has 3 aromatic carbocycles. The molecule has 2 bridgehead atoms. The fourth-order valence-electron chi connectivity index (χ4n) is 6.96. The van der Waals surface area contributed by atoms with Crippen molar-refractivity contribution < 1.29 is 42.0 Å². The second-order valence-corrected chi connectivity index (χ2v) is 13.5. The van der Waals surface area contributed by atoms with Crippen molar-refractivity contribution in [2.24, 2.45) is 0 Å². The smallest absolute Gasteiger partial charge is 0.410 e. The Balaban J connectivity index is 1.48. The van der Waals surface area contributed by atoms with Gasteiger partial charge in [-0.2, -0.15) is 9.97 Å². The van der Waals surface area contributed by atoms with Gasteiger partial charge in [-0.15, -0.1) is 0 Å². The topological polar surface area (TPSA) is 105 Å². The largest absolute Gasteiger partial charge is 0.468 e. The van der Waals surface area contributed by atoms with E-state index in [1.54, 1.807) is 30.3 Å². The Morgan fingerprint density at radius 1 is 0.960 bits per heavy atom. The first kappa shape index (κ1) is 35.5. The van der Waals surface area contributed by atoms with E-state index in [0.717, 1.165) is 12.8 Å². The number of amides is 1. The number of methoxy groups -OCH3 is 3. The van der Waals surface area contributed by atoms with Crippen LogP contribution >= 0.6 is 0 Å². The normalized spacial score (nSPS) is 17.6. The van der Waals surface area contributed by atoms with Crippen molar-refractivity contribution in [3.8, 4) is 22.9 Å². The Bertz CT molecular complexity index is 1870. The van der Waals surface area contributed by atoms with Gasteiger partial charge in [0, 0.05) is 45.4 Å². The number of piperazine rings is 1. The quantitative estimate of drug-likeness (QED) is 0.155.